The van der Waals surface area contributed by atoms with Gasteiger partial charge in [0.2, 0.25) is 0 Å². The molecule has 0 aliphatic rings. The molecule has 1 amide bonds. The highest BCUT2D eigenvalue weighted by Gasteiger charge is 2.14. The van der Waals surface area contributed by atoms with Gasteiger partial charge in [-0.25, -0.2) is 0 Å². The number of halogens is 4. The van der Waals surface area contributed by atoms with E-state index in [2.05, 4.69) is 43.8 Å². The Kier molecular flexibility index (Phi) is 8.38. The van der Waals surface area contributed by atoms with E-state index in [1.165, 1.54) is 6.08 Å². The SMILES string of the molecule is N#C/C(=C/c1cc(Br)c(OCc2ccccc2)c(I)c1)C(=O)Nc1cccc(Cl)c1Cl. The first-order valence-corrected chi connectivity index (χ1v) is 11.5. The highest BCUT2D eigenvalue weighted by Crippen LogP contribution is 2.34. The molecule has 0 saturated heterocycles. The highest BCUT2D eigenvalue weighted by atomic mass is 127. The van der Waals surface area contributed by atoms with E-state index in [1.807, 2.05) is 42.5 Å². The van der Waals surface area contributed by atoms with Crippen LogP contribution in [0, 0.1) is 14.9 Å². The molecule has 8 heteroatoms. The van der Waals surface area contributed by atoms with E-state index < -0.39 is 5.91 Å². The molecule has 0 atom stereocenters. The van der Waals surface area contributed by atoms with Crippen molar-refractivity contribution < 1.29 is 9.53 Å². The summed E-state index contributed by atoms with van der Waals surface area (Å²) in [5, 5.41) is 12.6. The Bertz CT molecular complexity index is 1170. The number of nitrogens with one attached hydrogen (secondary N) is 1. The van der Waals surface area contributed by atoms with Gasteiger partial charge < -0.3 is 10.1 Å². The Hall–Kier alpha value is -2.05. The monoisotopic (exact) mass is 626 g/mol. The van der Waals surface area contributed by atoms with E-state index in [9.17, 15) is 10.1 Å². The van der Waals surface area contributed by atoms with Gasteiger partial charge in [0, 0.05) is 0 Å². The number of hydrogen-bond donors (Lipinski definition) is 1. The fourth-order valence-electron chi connectivity index (χ4n) is 2.64. The van der Waals surface area contributed by atoms with Crippen LogP contribution in [0.15, 0.2) is 70.7 Å². The van der Waals surface area contributed by atoms with E-state index in [0.29, 0.717) is 28.6 Å². The molecule has 1 N–H and O–H groups in total. The predicted octanol–water partition coefficient (Wildman–Crippen LogP) is 7.49. The normalized spacial score (nSPS) is 11.0. The summed E-state index contributed by atoms with van der Waals surface area (Å²) in [6, 6.07) is 20.3. The lowest BCUT2D eigenvalue weighted by atomic mass is 10.1. The molecule has 156 valence electrons. The molecule has 0 saturated carbocycles. The van der Waals surface area contributed by atoms with Gasteiger partial charge in [0.25, 0.3) is 5.91 Å². The minimum atomic E-state index is -0.581. The second-order valence-corrected chi connectivity index (χ2v) is 9.11. The molecule has 0 bridgehead atoms. The van der Waals surface area contributed by atoms with E-state index in [-0.39, 0.29) is 10.6 Å². The third kappa shape index (κ3) is 6.23. The largest absolute Gasteiger partial charge is 0.487 e. The van der Waals surface area contributed by atoms with Crippen LogP contribution >= 0.6 is 61.7 Å². The maximum Gasteiger partial charge on any atom is 0.266 e. The lowest BCUT2D eigenvalue weighted by Gasteiger charge is -2.12. The van der Waals surface area contributed by atoms with Crippen LogP contribution in [-0.4, -0.2) is 5.91 Å². The molecule has 3 rings (SSSR count). The van der Waals surface area contributed by atoms with Crippen molar-refractivity contribution in [2.45, 2.75) is 6.61 Å². The minimum absolute atomic E-state index is 0.0725. The van der Waals surface area contributed by atoms with Crippen molar-refractivity contribution in [1.82, 2.24) is 0 Å². The molecule has 0 heterocycles. The summed E-state index contributed by atoms with van der Waals surface area (Å²) < 4.78 is 7.50. The summed E-state index contributed by atoms with van der Waals surface area (Å²) >= 11 is 17.8. The zero-order valence-electron chi connectivity index (χ0n) is 15.8. The summed E-state index contributed by atoms with van der Waals surface area (Å²) in [5.41, 5.74) is 1.99. The van der Waals surface area contributed by atoms with Crippen molar-refractivity contribution in [2.24, 2.45) is 0 Å². The Balaban J connectivity index is 1.80. The summed E-state index contributed by atoms with van der Waals surface area (Å²) in [7, 11) is 0. The Labute approximate surface area is 212 Å². The van der Waals surface area contributed by atoms with Crippen molar-refractivity contribution in [3.63, 3.8) is 0 Å². The highest BCUT2D eigenvalue weighted by molar-refractivity contribution is 14.1. The molecule has 31 heavy (non-hydrogen) atoms. The zero-order chi connectivity index (χ0) is 22.4. The van der Waals surface area contributed by atoms with Crippen LogP contribution in [0.5, 0.6) is 5.75 Å². The molecular weight excluding hydrogens is 614 g/mol. The third-order valence-electron chi connectivity index (χ3n) is 4.12. The molecular formula is C23H14BrCl2IN2O2. The van der Waals surface area contributed by atoms with Crippen LogP contribution in [0.25, 0.3) is 6.08 Å². The standard InChI is InChI=1S/C23H14BrCl2IN2O2/c24-17-10-15(11-19(27)22(17)31-13-14-5-2-1-3-6-14)9-16(12-28)23(30)29-20-8-4-7-18(25)21(20)26/h1-11H,13H2,(H,29,30)/b16-9-. The van der Waals surface area contributed by atoms with Crippen LogP contribution in [0.4, 0.5) is 5.69 Å². The Morgan fingerprint density at radius 2 is 1.90 bits per heavy atom. The predicted molar refractivity (Wildman–Crippen MR) is 136 cm³/mol. The van der Waals surface area contributed by atoms with Crippen LogP contribution < -0.4 is 10.1 Å². The number of carbonyl (C=O) groups is 1. The fraction of sp³-hybridized carbons (Fsp3) is 0.0435. The number of hydrogen-bond acceptors (Lipinski definition) is 3. The van der Waals surface area contributed by atoms with Gasteiger partial charge in [-0.2, -0.15) is 5.26 Å². The van der Waals surface area contributed by atoms with Gasteiger partial charge in [0.05, 0.1) is 23.8 Å². The van der Waals surface area contributed by atoms with Gasteiger partial charge in [0.15, 0.2) is 0 Å². The first-order valence-electron chi connectivity index (χ1n) is 8.92. The first-order chi connectivity index (χ1) is 14.9. The van der Waals surface area contributed by atoms with Crippen molar-refractivity contribution in [3.8, 4) is 11.8 Å². The van der Waals surface area contributed by atoms with Gasteiger partial charge in [0.1, 0.15) is 24.0 Å². The van der Waals surface area contributed by atoms with Gasteiger partial charge in [-0.1, -0.05) is 59.6 Å². The first kappa shape index (κ1) is 23.6. The number of amides is 1. The second-order valence-electron chi connectivity index (χ2n) is 6.31. The number of anilines is 1. The van der Waals surface area contributed by atoms with Crippen LogP contribution in [0.1, 0.15) is 11.1 Å². The number of rotatable bonds is 6. The van der Waals surface area contributed by atoms with Crippen LogP contribution in [0.3, 0.4) is 0 Å². The van der Waals surface area contributed by atoms with Crippen molar-refractivity contribution in [3.05, 3.63) is 95.5 Å². The number of carbonyl (C=O) groups excluding carboxylic acids is 1. The molecule has 0 unspecified atom stereocenters. The topological polar surface area (TPSA) is 62.1 Å². The Morgan fingerprint density at radius 3 is 2.58 bits per heavy atom. The lowest BCUT2D eigenvalue weighted by molar-refractivity contribution is -0.112. The van der Waals surface area contributed by atoms with E-state index in [0.717, 1.165) is 13.6 Å². The van der Waals surface area contributed by atoms with Crippen molar-refractivity contribution >= 4 is 79.4 Å². The molecule has 3 aromatic carbocycles. The number of benzene rings is 3. The zero-order valence-corrected chi connectivity index (χ0v) is 21.1. The van der Waals surface area contributed by atoms with Gasteiger partial charge in [-0.3, -0.25) is 4.79 Å². The average Bonchev–Trinajstić information content (AvgIpc) is 2.75. The molecule has 0 radical (unpaired) electrons. The van der Waals surface area contributed by atoms with Gasteiger partial charge in [-0.15, -0.1) is 0 Å². The molecule has 0 spiro atoms. The summed E-state index contributed by atoms with van der Waals surface area (Å²) in [4.78, 5) is 12.6. The molecule has 0 aromatic heterocycles. The summed E-state index contributed by atoms with van der Waals surface area (Å²) in [5.74, 6) is 0.109. The molecule has 3 aromatic rings. The molecule has 4 nitrogen and oxygen atoms in total. The Morgan fingerprint density at radius 1 is 1.16 bits per heavy atom. The molecule has 0 fully saturated rings. The average molecular weight is 628 g/mol. The quantitative estimate of drug-likeness (QED) is 0.175. The molecule has 0 aliphatic carbocycles. The van der Waals surface area contributed by atoms with E-state index >= 15 is 0 Å². The third-order valence-corrected chi connectivity index (χ3v) is 6.33. The minimum Gasteiger partial charge on any atom is -0.487 e. The van der Waals surface area contributed by atoms with E-state index in [1.54, 1.807) is 24.3 Å². The fourth-order valence-corrected chi connectivity index (χ4v) is 4.75. The second kappa shape index (κ2) is 11.0. The summed E-state index contributed by atoms with van der Waals surface area (Å²) in [6.45, 7) is 0.427. The van der Waals surface area contributed by atoms with Crippen LogP contribution in [-0.2, 0) is 11.4 Å². The summed E-state index contributed by atoms with van der Waals surface area (Å²) in [6.07, 6.45) is 1.50. The van der Waals surface area contributed by atoms with Crippen molar-refractivity contribution in [1.29, 1.82) is 5.26 Å². The molecule has 0 aliphatic heterocycles. The number of nitrogens with zero attached hydrogens (tertiary/aromatic N) is 1. The number of ether oxygens (including phenoxy) is 1. The van der Waals surface area contributed by atoms with Gasteiger partial charge in [-0.05, 0) is 80.0 Å². The van der Waals surface area contributed by atoms with Gasteiger partial charge >= 0.3 is 0 Å². The van der Waals surface area contributed by atoms with E-state index in [4.69, 9.17) is 27.9 Å². The maximum atomic E-state index is 12.6. The lowest BCUT2D eigenvalue weighted by Crippen LogP contribution is -2.13. The maximum absolute atomic E-state index is 12.6. The van der Waals surface area contributed by atoms with Crippen molar-refractivity contribution in [2.75, 3.05) is 5.32 Å². The number of nitriles is 1. The smallest absolute Gasteiger partial charge is 0.266 e. The van der Waals surface area contributed by atoms with Crippen LogP contribution in [0.2, 0.25) is 10.0 Å².